The first-order valence-electron chi connectivity index (χ1n) is 8.53. The molecule has 1 aromatic carbocycles. The van der Waals surface area contributed by atoms with Gasteiger partial charge in [0.05, 0.1) is 5.25 Å². The van der Waals surface area contributed by atoms with Crippen LogP contribution in [0.3, 0.4) is 0 Å². The Morgan fingerprint density at radius 2 is 1.70 bits per heavy atom. The molecule has 1 saturated heterocycles. The minimum absolute atomic E-state index is 0.0497. The van der Waals surface area contributed by atoms with Crippen LogP contribution >= 0.6 is 0 Å². The second kappa shape index (κ2) is 6.63. The summed E-state index contributed by atoms with van der Waals surface area (Å²) >= 11 is 0. The highest BCUT2D eigenvalue weighted by Crippen LogP contribution is 2.32. The molecule has 0 aromatic heterocycles. The van der Waals surface area contributed by atoms with Gasteiger partial charge in [0, 0.05) is 24.9 Å². The van der Waals surface area contributed by atoms with Crippen LogP contribution in [0, 0.1) is 0 Å². The summed E-state index contributed by atoms with van der Waals surface area (Å²) in [6.07, 6.45) is 8.22. The van der Waals surface area contributed by atoms with Crippen LogP contribution in [0.5, 0.6) is 0 Å². The molecule has 1 aliphatic carbocycles. The fourth-order valence-electron chi connectivity index (χ4n) is 3.78. The summed E-state index contributed by atoms with van der Waals surface area (Å²) < 4.78 is 23.2. The number of carbonyl (C=O) groups is 1. The lowest BCUT2D eigenvalue weighted by Crippen LogP contribution is -2.31. The van der Waals surface area contributed by atoms with E-state index in [0.717, 1.165) is 0 Å². The molecule has 2 aliphatic rings. The molecule has 0 N–H and O–H groups in total. The van der Waals surface area contributed by atoms with Crippen molar-refractivity contribution in [2.75, 3.05) is 19.3 Å². The van der Waals surface area contributed by atoms with Crippen molar-refractivity contribution in [3.63, 3.8) is 0 Å². The van der Waals surface area contributed by atoms with Crippen molar-refractivity contribution < 1.29 is 13.2 Å². The van der Waals surface area contributed by atoms with E-state index in [1.165, 1.54) is 43.9 Å². The number of sulfone groups is 1. The van der Waals surface area contributed by atoms with Gasteiger partial charge >= 0.3 is 0 Å². The Labute approximate surface area is 138 Å². The standard InChI is InChI=1S/C18H25NO3S/c1-23(21,22)17-11-12-19(13-17)18(20)16-9-7-15(8-10-16)14-5-3-2-4-6-14/h7-10,14,17H,2-6,11-13H2,1H3. The zero-order valence-electron chi connectivity index (χ0n) is 13.7. The van der Waals surface area contributed by atoms with Crippen molar-refractivity contribution in [2.24, 2.45) is 0 Å². The molecule has 1 amide bonds. The fourth-order valence-corrected chi connectivity index (χ4v) is 4.76. The predicted molar refractivity (Wildman–Crippen MR) is 91.4 cm³/mol. The summed E-state index contributed by atoms with van der Waals surface area (Å²) in [6.45, 7) is 0.850. The Bertz CT molecular complexity index is 660. The fraction of sp³-hybridized carbons (Fsp3) is 0.611. The van der Waals surface area contributed by atoms with Gasteiger partial charge in [-0.2, -0.15) is 0 Å². The van der Waals surface area contributed by atoms with E-state index in [0.29, 0.717) is 31.0 Å². The molecule has 1 saturated carbocycles. The van der Waals surface area contributed by atoms with E-state index in [1.807, 2.05) is 12.1 Å². The molecule has 2 fully saturated rings. The van der Waals surface area contributed by atoms with Crippen molar-refractivity contribution in [2.45, 2.75) is 49.7 Å². The third kappa shape index (κ3) is 3.77. The number of nitrogens with zero attached hydrogens (tertiary/aromatic N) is 1. The van der Waals surface area contributed by atoms with Crippen molar-refractivity contribution >= 4 is 15.7 Å². The Morgan fingerprint density at radius 1 is 1.04 bits per heavy atom. The lowest BCUT2D eigenvalue weighted by atomic mass is 9.84. The van der Waals surface area contributed by atoms with Gasteiger partial charge in [0.15, 0.2) is 9.84 Å². The van der Waals surface area contributed by atoms with Crippen molar-refractivity contribution in [3.05, 3.63) is 35.4 Å². The maximum atomic E-state index is 12.5. The zero-order chi connectivity index (χ0) is 16.4. The minimum Gasteiger partial charge on any atom is -0.337 e. The van der Waals surface area contributed by atoms with Gasteiger partial charge in [0.2, 0.25) is 0 Å². The SMILES string of the molecule is CS(=O)(=O)C1CCN(C(=O)c2ccc(C3CCCCC3)cc2)C1. The first-order valence-corrected chi connectivity index (χ1v) is 10.5. The number of amides is 1. The molecule has 0 bridgehead atoms. The maximum Gasteiger partial charge on any atom is 0.253 e. The first-order chi connectivity index (χ1) is 10.9. The topological polar surface area (TPSA) is 54.5 Å². The molecule has 126 valence electrons. The number of carbonyl (C=O) groups excluding carboxylic acids is 1. The first kappa shape index (κ1) is 16.5. The van der Waals surface area contributed by atoms with Crippen LogP contribution in [0.4, 0.5) is 0 Å². The summed E-state index contributed by atoms with van der Waals surface area (Å²) in [5.41, 5.74) is 2.00. The monoisotopic (exact) mass is 335 g/mol. The van der Waals surface area contributed by atoms with Gasteiger partial charge in [-0.25, -0.2) is 8.42 Å². The third-order valence-corrected chi connectivity index (χ3v) is 6.87. The van der Waals surface area contributed by atoms with Crippen LogP contribution in [0.1, 0.15) is 60.4 Å². The van der Waals surface area contributed by atoms with E-state index in [9.17, 15) is 13.2 Å². The average Bonchev–Trinajstić information content (AvgIpc) is 3.05. The molecule has 1 heterocycles. The van der Waals surface area contributed by atoms with E-state index < -0.39 is 15.1 Å². The van der Waals surface area contributed by atoms with E-state index >= 15 is 0 Å². The summed E-state index contributed by atoms with van der Waals surface area (Å²) in [5, 5.41) is -0.409. The summed E-state index contributed by atoms with van der Waals surface area (Å²) in [4.78, 5) is 14.2. The van der Waals surface area contributed by atoms with Crippen LogP contribution in [0.15, 0.2) is 24.3 Å². The number of benzene rings is 1. The lowest BCUT2D eigenvalue weighted by Gasteiger charge is -2.22. The van der Waals surface area contributed by atoms with Crippen molar-refractivity contribution in [1.29, 1.82) is 0 Å². The Hall–Kier alpha value is -1.36. The molecule has 1 aromatic rings. The summed E-state index contributed by atoms with van der Waals surface area (Å²) in [6, 6.07) is 7.96. The number of rotatable bonds is 3. The molecular formula is C18H25NO3S. The van der Waals surface area contributed by atoms with Crippen LogP contribution in [0.25, 0.3) is 0 Å². The molecule has 4 nitrogen and oxygen atoms in total. The molecular weight excluding hydrogens is 310 g/mol. The highest BCUT2D eigenvalue weighted by atomic mass is 32.2. The van der Waals surface area contributed by atoms with Gasteiger partial charge in [-0.1, -0.05) is 31.4 Å². The van der Waals surface area contributed by atoms with E-state index in [4.69, 9.17) is 0 Å². The molecule has 0 radical (unpaired) electrons. The normalized spacial score (nSPS) is 23.2. The summed E-state index contributed by atoms with van der Waals surface area (Å²) in [5.74, 6) is 0.584. The number of hydrogen-bond acceptors (Lipinski definition) is 3. The Kier molecular flexibility index (Phi) is 4.76. The van der Waals surface area contributed by atoms with Gasteiger partial charge in [-0.05, 0) is 42.9 Å². The molecule has 1 aliphatic heterocycles. The minimum atomic E-state index is -3.07. The van der Waals surface area contributed by atoms with E-state index in [2.05, 4.69) is 12.1 Å². The van der Waals surface area contributed by atoms with Crippen LogP contribution in [0.2, 0.25) is 0 Å². The van der Waals surface area contributed by atoms with Crippen molar-refractivity contribution in [3.8, 4) is 0 Å². The third-order valence-electron chi connectivity index (χ3n) is 5.27. The quantitative estimate of drug-likeness (QED) is 0.853. The van der Waals surface area contributed by atoms with Crippen molar-refractivity contribution in [1.82, 2.24) is 4.90 Å². The maximum absolute atomic E-state index is 12.5. The van der Waals surface area contributed by atoms with Gasteiger partial charge < -0.3 is 4.90 Å². The van der Waals surface area contributed by atoms with Gasteiger partial charge in [0.1, 0.15) is 0 Å². The Morgan fingerprint density at radius 3 is 2.26 bits per heavy atom. The highest BCUT2D eigenvalue weighted by molar-refractivity contribution is 7.91. The summed E-state index contributed by atoms with van der Waals surface area (Å²) in [7, 11) is -3.07. The molecule has 1 atom stereocenters. The van der Waals surface area contributed by atoms with Crippen LogP contribution in [-0.2, 0) is 9.84 Å². The smallest absolute Gasteiger partial charge is 0.253 e. The average molecular weight is 335 g/mol. The van der Waals surface area contributed by atoms with Gasteiger partial charge in [-0.3, -0.25) is 4.79 Å². The van der Waals surface area contributed by atoms with Crippen LogP contribution < -0.4 is 0 Å². The zero-order valence-corrected chi connectivity index (χ0v) is 14.5. The molecule has 1 unspecified atom stereocenters. The predicted octanol–water partition coefficient (Wildman–Crippen LogP) is 2.99. The highest BCUT2D eigenvalue weighted by Gasteiger charge is 2.32. The van der Waals surface area contributed by atoms with E-state index in [1.54, 1.807) is 4.90 Å². The number of likely N-dealkylation sites (tertiary alicyclic amines) is 1. The molecule has 0 spiro atoms. The molecule has 23 heavy (non-hydrogen) atoms. The number of hydrogen-bond donors (Lipinski definition) is 0. The second-order valence-corrected chi connectivity index (χ2v) is 9.27. The van der Waals surface area contributed by atoms with Gasteiger partial charge in [-0.15, -0.1) is 0 Å². The Balaban J connectivity index is 1.66. The largest absolute Gasteiger partial charge is 0.337 e. The second-order valence-electron chi connectivity index (χ2n) is 6.95. The van der Waals surface area contributed by atoms with Crippen LogP contribution in [-0.4, -0.2) is 43.8 Å². The molecule has 5 heteroatoms. The van der Waals surface area contributed by atoms with E-state index in [-0.39, 0.29) is 5.91 Å². The molecule has 3 rings (SSSR count). The van der Waals surface area contributed by atoms with Gasteiger partial charge in [0.25, 0.3) is 5.91 Å². The lowest BCUT2D eigenvalue weighted by molar-refractivity contribution is 0.0793.